The molecule has 74 valence electrons. The Morgan fingerprint density at radius 1 is 1.14 bits per heavy atom. The van der Waals surface area contributed by atoms with Crippen molar-refractivity contribution in [2.75, 3.05) is 6.67 Å². The molecule has 0 radical (unpaired) electrons. The van der Waals surface area contributed by atoms with Crippen LogP contribution in [0.25, 0.3) is 0 Å². The highest BCUT2D eigenvalue weighted by Crippen LogP contribution is 2.08. The standard InChI is InChI=1S/C12H13FO/c13-10-4-2-1-3-5-11-6-8-12(14)9-7-11/h6-9,14H,1-2,4,10H2. The van der Waals surface area contributed by atoms with Gasteiger partial charge in [-0.25, -0.2) is 0 Å². The molecule has 0 aliphatic carbocycles. The summed E-state index contributed by atoms with van der Waals surface area (Å²) < 4.78 is 11.7. The fourth-order valence-electron chi connectivity index (χ4n) is 1.02. The quantitative estimate of drug-likeness (QED) is 0.576. The van der Waals surface area contributed by atoms with Crippen LogP contribution in [0.1, 0.15) is 24.8 Å². The maximum absolute atomic E-state index is 11.7. The van der Waals surface area contributed by atoms with Crippen LogP contribution < -0.4 is 0 Å². The van der Waals surface area contributed by atoms with E-state index in [0.29, 0.717) is 6.42 Å². The van der Waals surface area contributed by atoms with E-state index >= 15 is 0 Å². The molecule has 0 unspecified atom stereocenters. The predicted octanol–water partition coefficient (Wildman–Crippen LogP) is 2.88. The molecule has 0 heterocycles. The number of phenolic OH excluding ortho intramolecular Hbond substituents is 1. The number of hydrogen-bond acceptors (Lipinski definition) is 1. The van der Waals surface area contributed by atoms with Crippen molar-refractivity contribution in [1.29, 1.82) is 0 Å². The number of unbranched alkanes of at least 4 members (excludes halogenated alkanes) is 2. The molecular formula is C12H13FO. The van der Waals surface area contributed by atoms with Crippen molar-refractivity contribution in [2.24, 2.45) is 0 Å². The maximum atomic E-state index is 11.7. The molecule has 1 aromatic carbocycles. The molecule has 0 aliphatic heterocycles. The Balaban J connectivity index is 2.39. The van der Waals surface area contributed by atoms with Crippen LogP contribution in [0.3, 0.4) is 0 Å². The van der Waals surface area contributed by atoms with Gasteiger partial charge in [0.15, 0.2) is 0 Å². The molecule has 1 N–H and O–H groups in total. The van der Waals surface area contributed by atoms with Gasteiger partial charge in [-0.05, 0) is 37.1 Å². The number of benzene rings is 1. The Morgan fingerprint density at radius 2 is 1.86 bits per heavy atom. The molecule has 0 fully saturated rings. The van der Waals surface area contributed by atoms with Crippen LogP contribution in [0.4, 0.5) is 4.39 Å². The largest absolute Gasteiger partial charge is 0.508 e. The van der Waals surface area contributed by atoms with Crippen LogP contribution in [-0.4, -0.2) is 11.8 Å². The lowest BCUT2D eigenvalue weighted by Gasteiger charge is -1.91. The van der Waals surface area contributed by atoms with Crippen LogP contribution in [0.2, 0.25) is 0 Å². The molecule has 0 bridgehead atoms. The first kappa shape index (κ1) is 10.6. The average Bonchev–Trinajstić information content (AvgIpc) is 2.21. The molecule has 0 saturated carbocycles. The van der Waals surface area contributed by atoms with Gasteiger partial charge in [-0.3, -0.25) is 4.39 Å². The third-order valence-electron chi connectivity index (χ3n) is 1.79. The van der Waals surface area contributed by atoms with E-state index in [0.717, 1.165) is 18.4 Å². The number of alkyl halides is 1. The monoisotopic (exact) mass is 192 g/mol. The minimum Gasteiger partial charge on any atom is -0.508 e. The van der Waals surface area contributed by atoms with E-state index < -0.39 is 0 Å². The van der Waals surface area contributed by atoms with Crippen molar-refractivity contribution >= 4 is 0 Å². The fraction of sp³-hybridized carbons (Fsp3) is 0.333. The lowest BCUT2D eigenvalue weighted by molar-refractivity contribution is 0.464. The second-order valence-corrected chi connectivity index (χ2v) is 2.99. The van der Waals surface area contributed by atoms with Crippen molar-refractivity contribution in [2.45, 2.75) is 19.3 Å². The average molecular weight is 192 g/mol. The van der Waals surface area contributed by atoms with Gasteiger partial charge in [-0.1, -0.05) is 11.8 Å². The molecule has 0 spiro atoms. The molecular weight excluding hydrogens is 179 g/mol. The Bertz CT molecular complexity index is 318. The Morgan fingerprint density at radius 3 is 2.50 bits per heavy atom. The van der Waals surface area contributed by atoms with E-state index in [1.54, 1.807) is 24.3 Å². The van der Waals surface area contributed by atoms with E-state index in [2.05, 4.69) is 11.8 Å². The van der Waals surface area contributed by atoms with Crippen molar-refractivity contribution < 1.29 is 9.50 Å². The summed E-state index contributed by atoms with van der Waals surface area (Å²) in [6, 6.07) is 6.73. The van der Waals surface area contributed by atoms with E-state index in [-0.39, 0.29) is 12.4 Å². The summed E-state index contributed by atoms with van der Waals surface area (Å²) in [5, 5.41) is 9.01. The zero-order valence-electron chi connectivity index (χ0n) is 7.96. The van der Waals surface area contributed by atoms with Gasteiger partial charge in [0.05, 0.1) is 6.67 Å². The number of rotatable bonds is 3. The van der Waals surface area contributed by atoms with E-state index in [9.17, 15) is 4.39 Å². The first-order chi connectivity index (χ1) is 6.83. The number of halogens is 1. The summed E-state index contributed by atoms with van der Waals surface area (Å²) in [7, 11) is 0. The van der Waals surface area contributed by atoms with Crippen LogP contribution in [0.5, 0.6) is 5.75 Å². The molecule has 0 saturated heterocycles. The molecule has 0 amide bonds. The summed E-state index contributed by atoms with van der Waals surface area (Å²) >= 11 is 0. The molecule has 1 rings (SSSR count). The van der Waals surface area contributed by atoms with Crippen molar-refractivity contribution in [3.8, 4) is 17.6 Å². The van der Waals surface area contributed by atoms with Crippen molar-refractivity contribution in [3.63, 3.8) is 0 Å². The van der Waals surface area contributed by atoms with Gasteiger partial charge in [-0.15, -0.1) is 0 Å². The Kier molecular flexibility index (Phi) is 4.57. The van der Waals surface area contributed by atoms with Gasteiger partial charge in [0, 0.05) is 12.0 Å². The number of phenols is 1. The highest BCUT2D eigenvalue weighted by Gasteiger charge is 1.87. The number of aromatic hydroxyl groups is 1. The third-order valence-corrected chi connectivity index (χ3v) is 1.79. The van der Waals surface area contributed by atoms with Gasteiger partial charge in [0.1, 0.15) is 5.75 Å². The molecule has 14 heavy (non-hydrogen) atoms. The first-order valence-corrected chi connectivity index (χ1v) is 4.67. The van der Waals surface area contributed by atoms with Crippen LogP contribution >= 0.6 is 0 Å². The molecule has 1 aromatic rings. The molecule has 0 atom stereocenters. The predicted molar refractivity (Wildman–Crippen MR) is 54.8 cm³/mol. The molecule has 0 aliphatic rings. The van der Waals surface area contributed by atoms with E-state index in [4.69, 9.17) is 5.11 Å². The topological polar surface area (TPSA) is 20.2 Å². The zero-order chi connectivity index (χ0) is 10.2. The minimum atomic E-state index is -0.263. The van der Waals surface area contributed by atoms with Gasteiger partial charge < -0.3 is 5.11 Å². The minimum absolute atomic E-state index is 0.243. The van der Waals surface area contributed by atoms with Gasteiger partial charge in [0.2, 0.25) is 0 Å². The third kappa shape index (κ3) is 3.95. The van der Waals surface area contributed by atoms with Gasteiger partial charge >= 0.3 is 0 Å². The van der Waals surface area contributed by atoms with Crippen LogP contribution in [0, 0.1) is 11.8 Å². The molecule has 1 nitrogen and oxygen atoms in total. The molecule has 0 aromatic heterocycles. The summed E-state index contributed by atoms with van der Waals surface area (Å²) in [5.74, 6) is 6.15. The molecule has 2 heteroatoms. The second kappa shape index (κ2) is 6.04. The summed E-state index contributed by atoms with van der Waals surface area (Å²) in [6.45, 7) is -0.263. The smallest absolute Gasteiger partial charge is 0.115 e. The van der Waals surface area contributed by atoms with Crippen molar-refractivity contribution in [1.82, 2.24) is 0 Å². The van der Waals surface area contributed by atoms with Crippen molar-refractivity contribution in [3.05, 3.63) is 29.8 Å². The number of hydrogen-bond donors (Lipinski definition) is 1. The Hall–Kier alpha value is -1.49. The van der Waals surface area contributed by atoms with Gasteiger partial charge in [0.25, 0.3) is 0 Å². The van der Waals surface area contributed by atoms with Crippen LogP contribution in [0.15, 0.2) is 24.3 Å². The lowest BCUT2D eigenvalue weighted by Crippen LogP contribution is -1.76. The first-order valence-electron chi connectivity index (χ1n) is 4.67. The zero-order valence-corrected chi connectivity index (χ0v) is 7.96. The fourth-order valence-corrected chi connectivity index (χ4v) is 1.02. The lowest BCUT2D eigenvalue weighted by atomic mass is 10.2. The normalized spacial score (nSPS) is 9.21. The second-order valence-electron chi connectivity index (χ2n) is 2.99. The highest BCUT2D eigenvalue weighted by molar-refractivity contribution is 5.37. The summed E-state index contributed by atoms with van der Waals surface area (Å²) in [6.07, 6.45) is 2.12. The van der Waals surface area contributed by atoms with Crippen LogP contribution in [-0.2, 0) is 0 Å². The summed E-state index contributed by atoms with van der Waals surface area (Å²) in [4.78, 5) is 0. The van der Waals surface area contributed by atoms with Gasteiger partial charge in [-0.2, -0.15) is 0 Å². The highest BCUT2D eigenvalue weighted by atomic mass is 19.1. The van der Waals surface area contributed by atoms with E-state index in [1.807, 2.05) is 0 Å². The Labute approximate surface area is 83.6 Å². The maximum Gasteiger partial charge on any atom is 0.115 e. The SMILES string of the molecule is Oc1ccc(C#CCCCCF)cc1. The van der Waals surface area contributed by atoms with E-state index in [1.165, 1.54) is 0 Å². The summed E-state index contributed by atoms with van der Waals surface area (Å²) in [5.41, 5.74) is 0.878.